The molecule has 0 N–H and O–H groups in total. The van der Waals surface area contributed by atoms with Gasteiger partial charge in [-0.3, -0.25) is 0 Å². The molecule has 1 aliphatic heterocycles. The lowest BCUT2D eigenvalue weighted by atomic mass is 10.4. The van der Waals surface area contributed by atoms with Gasteiger partial charge < -0.3 is 14.2 Å². The van der Waals surface area contributed by atoms with E-state index in [0.29, 0.717) is 25.4 Å². The van der Waals surface area contributed by atoms with Gasteiger partial charge in [0.1, 0.15) is 12.7 Å². The van der Waals surface area contributed by atoms with Gasteiger partial charge in [-0.05, 0) is 13.3 Å². The normalized spacial score (nSPS) is 14.3. The van der Waals surface area contributed by atoms with Crippen molar-refractivity contribution in [1.82, 2.24) is 0 Å². The van der Waals surface area contributed by atoms with Crippen LogP contribution in [0.5, 0.6) is 0 Å². The van der Waals surface area contributed by atoms with Gasteiger partial charge in [0.25, 0.3) is 0 Å². The molecule has 1 fully saturated rings. The summed E-state index contributed by atoms with van der Waals surface area (Å²) in [6.07, 6.45) is 3.29. The minimum Gasteiger partial charge on any atom is -0.463 e. The van der Waals surface area contributed by atoms with Crippen molar-refractivity contribution in [2.24, 2.45) is 0 Å². The number of carbonyl (C=O) groups excluding carboxylic acids is 2. The van der Waals surface area contributed by atoms with E-state index < -0.39 is 0 Å². The van der Waals surface area contributed by atoms with Crippen LogP contribution >= 0.6 is 0 Å². The molecule has 0 spiro atoms. The van der Waals surface area contributed by atoms with Crippen LogP contribution in [0.25, 0.3) is 0 Å². The van der Waals surface area contributed by atoms with Crippen LogP contribution in [0, 0.1) is 0 Å². The molecule has 1 unspecified atom stereocenters. The first kappa shape index (κ1) is 21.4. The maximum absolute atomic E-state index is 10.7. The Morgan fingerprint density at radius 3 is 2.29 bits per heavy atom. The Morgan fingerprint density at radius 1 is 1.33 bits per heavy atom. The molecule has 5 nitrogen and oxygen atoms in total. The van der Waals surface area contributed by atoms with Gasteiger partial charge in [-0.2, -0.15) is 0 Å². The molecule has 0 aromatic heterocycles. The Hall–Kier alpha value is -1.88. The number of unbranched alkanes of at least 4 members (excludes halogenated alkanes) is 1. The van der Waals surface area contributed by atoms with Crippen molar-refractivity contribution in [3.05, 3.63) is 38.0 Å². The molecule has 0 bridgehead atoms. The average molecular weight is 298 g/mol. The molecule has 1 atom stereocenters. The van der Waals surface area contributed by atoms with Gasteiger partial charge in [0.2, 0.25) is 0 Å². The number of rotatable bonds is 7. The first-order valence-electron chi connectivity index (χ1n) is 6.74. The summed E-state index contributed by atoms with van der Waals surface area (Å²) in [5, 5.41) is 0. The first-order chi connectivity index (χ1) is 10.0. The smallest absolute Gasteiger partial charge is 0.333 e. The third-order valence-corrected chi connectivity index (χ3v) is 2.06. The minimum atomic E-state index is -0.337. The lowest BCUT2D eigenvalue weighted by Crippen LogP contribution is -2.09. The van der Waals surface area contributed by atoms with E-state index in [2.05, 4.69) is 31.1 Å². The fourth-order valence-electron chi connectivity index (χ4n) is 0.832. The van der Waals surface area contributed by atoms with Gasteiger partial charge in [-0.25, -0.2) is 9.59 Å². The molecule has 120 valence electrons. The summed E-state index contributed by atoms with van der Waals surface area (Å²) >= 11 is 0. The quantitative estimate of drug-likeness (QED) is 0.238. The molecule has 0 saturated carbocycles. The van der Waals surface area contributed by atoms with Crippen LogP contribution in [0.15, 0.2) is 38.0 Å². The molecular weight excluding hydrogens is 272 g/mol. The Morgan fingerprint density at radius 2 is 1.90 bits per heavy atom. The van der Waals surface area contributed by atoms with E-state index >= 15 is 0 Å². The molecule has 1 aliphatic rings. The van der Waals surface area contributed by atoms with E-state index in [1.807, 2.05) is 6.92 Å². The highest BCUT2D eigenvalue weighted by atomic mass is 16.6. The third kappa shape index (κ3) is 16.1. The second kappa shape index (κ2) is 14.5. The molecule has 0 aliphatic carbocycles. The molecular formula is C16H26O5. The highest BCUT2D eigenvalue weighted by molar-refractivity contribution is 5.86. The molecule has 0 amide bonds. The van der Waals surface area contributed by atoms with E-state index in [9.17, 15) is 9.59 Å². The van der Waals surface area contributed by atoms with Crippen molar-refractivity contribution in [2.75, 3.05) is 19.8 Å². The molecule has 0 aromatic rings. The summed E-state index contributed by atoms with van der Waals surface area (Å²) in [5.74, 6) is -0.668. The van der Waals surface area contributed by atoms with Gasteiger partial charge in [0.05, 0.1) is 13.2 Å². The molecule has 21 heavy (non-hydrogen) atoms. The number of hydrogen-bond donors (Lipinski definition) is 0. The average Bonchev–Trinajstić information content (AvgIpc) is 3.31. The molecule has 0 aromatic carbocycles. The fourth-order valence-corrected chi connectivity index (χ4v) is 0.832. The highest BCUT2D eigenvalue weighted by Gasteiger charge is 2.24. The van der Waals surface area contributed by atoms with Crippen LogP contribution in [0.2, 0.25) is 0 Å². The summed E-state index contributed by atoms with van der Waals surface area (Å²) < 4.78 is 14.3. The Balaban J connectivity index is 0. The van der Waals surface area contributed by atoms with Crippen molar-refractivity contribution >= 4 is 11.9 Å². The SMILES string of the molecule is C=C.C=C(C)C(=O)OCC1CO1.C=CC(=O)OCCCC. The Kier molecular flexibility index (Phi) is 14.8. The summed E-state index contributed by atoms with van der Waals surface area (Å²) in [7, 11) is 0. The molecule has 1 heterocycles. The van der Waals surface area contributed by atoms with Crippen LogP contribution in [0.3, 0.4) is 0 Å². The molecule has 0 radical (unpaired) electrons. The standard InChI is InChI=1S/C7H10O3.C7H12O2.C2H4/c1-5(2)7(8)10-4-6-3-9-6;1-3-5-6-9-7(8)4-2;1-2/h6H,1,3-4H2,2H3;4H,2-3,5-6H2,1H3;1-2H2. The van der Waals surface area contributed by atoms with Crippen LogP contribution in [0.4, 0.5) is 0 Å². The van der Waals surface area contributed by atoms with E-state index in [4.69, 9.17) is 9.47 Å². The molecule has 1 rings (SSSR count). The van der Waals surface area contributed by atoms with Crippen molar-refractivity contribution < 1.29 is 23.8 Å². The largest absolute Gasteiger partial charge is 0.463 e. The third-order valence-electron chi connectivity index (χ3n) is 2.06. The monoisotopic (exact) mass is 298 g/mol. The summed E-state index contributed by atoms with van der Waals surface area (Å²) in [4.78, 5) is 21.0. The van der Waals surface area contributed by atoms with Crippen LogP contribution in [-0.2, 0) is 23.8 Å². The summed E-state index contributed by atoms with van der Waals surface area (Å²) in [6, 6.07) is 0. The lowest BCUT2D eigenvalue weighted by Gasteiger charge is -1.99. The van der Waals surface area contributed by atoms with E-state index in [1.54, 1.807) is 6.92 Å². The van der Waals surface area contributed by atoms with Gasteiger partial charge >= 0.3 is 11.9 Å². The zero-order valence-corrected chi connectivity index (χ0v) is 13.1. The highest BCUT2D eigenvalue weighted by Crippen LogP contribution is 2.09. The molecule has 1 saturated heterocycles. The van der Waals surface area contributed by atoms with E-state index in [0.717, 1.165) is 12.8 Å². The lowest BCUT2D eigenvalue weighted by molar-refractivity contribution is -0.139. The van der Waals surface area contributed by atoms with Gasteiger partial charge in [-0.15, -0.1) is 13.2 Å². The number of ether oxygens (including phenoxy) is 3. The predicted octanol–water partition coefficient (Wildman–Crippen LogP) is 2.82. The van der Waals surface area contributed by atoms with E-state index in [-0.39, 0.29) is 18.0 Å². The van der Waals surface area contributed by atoms with Crippen molar-refractivity contribution in [3.63, 3.8) is 0 Å². The van der Waals surface area contributed by atoms with E-state index in [1.165, 1.54) is 6.08 Å². The van der Waals surface area contributed by atoms with Crippen LogP contribution in [0.1, 0.15) is 26.7 Å². The van der Waals surface area contributed by atoms with Crippen LogP contribution < -0.4 is 0 Å². The maximum atomic E-state index is 10.7. The second-order valence-electron chi connectivity index (χ2n) is 4.06. The van der Waals surface area contributed by atoms with Gasteiger partial charge in [0, 0.05) is 11.6 Å². The number of hydrogen-bond acceptors (Lipinski definition) is 5. The zero-order valence-electron chi connectivity index (χ0n) is 13.1. The van der Waals surface area contributed by atoms with Gasteiger partial charge in [0.15, 0.2) is 0 Å². The predicted molar refractivity (Wildman–Crippen MR) is 82.8 cm³/mol. The summed E-state index contributed by atoms with van der Waals surface area (Å²) in [5.41, 5.74) is 0.431. The Bertz CT molecular complexity index is 332. The van der Waals surface area contributed by atoms with Gasteiger partial charge in [-0.1, -0.05) is 26.5 Å². The zero-order chi connectivity index (χ0) is 16.7. The van der Waals surface area contributed by atoms with Crippen LogP contribution in [-0.4, -0.2) is 37.9 Å². The topological polar surface area (TPSA) is 65.1 Å². The Labute approximate surface area is 127 Å². The number of epoxide rings is 1. The van der Waals surface area contributed by atoms with Crippen molar-refractivity contribution in [1.29, 1.82) is 0 Å². The minimum absolute atomic E-state index is 0.142. The second-order valence-corrected chi connectivity index (χ2v) is 4.06. The maximum Gasteiger partial charge on any atom is 0.333 e. The molecule has 5 heteroatoms. The van der Waals surface area contributed by atoms with Crippen molar-refractivity contribution in [3.8, 4) is 0 Å². The van der Waals surface area contributed by atoms with Crippen molar-refractivity contribution in [2.45, 2.75) is 32.8 Å². The fraction of sp³-hybridized carbons (Fsp3) is 0.500. The number of esters is 2. The summed E-state index contributed by atoms with van der Waals surface area (Å²) in [6.45, 7) is 18.0. The number of carbonyl (C=O) groups is 2. The first-order valence-corrected chi connectivity index (χ1v) is 6.74.